The minimum absolute atomic E-state index is 0.0556. The van der Waals surface area contributed by atoms with Gasteiger partial charge in [0, 0.05) is 5.02 Å². The van der Waals surface area contributed by atoms with Gasteiger partial charge in [0.2, 0.25) is 0 Å². The number of carbonyl (C=O) groups is 1. The van der Waals surface area contributed by atoms with Gasteiger partial charge in [-0.3, -0.25) is 9.10 Å². The number of para-hydroxylation sites is 2. The maximum atomic E-state index is 13.4. The standard InChI is InChI=1S/C27H29ClN2O5S/c1-27(2,3)19-8-12-21(13-9-19)34-17-16-29-26(31)25-18-30(23-6-4-5-7-24(23)35-25)36(32,33)22-14-10-20(28)11-15-22/h4-15,25H,16-18H2,1-3H3,(H,29,31)/t25-/m1/s1. The molecule has 0 radical (unpaired) electrons. The molecule has 0 aliphatic carbocycles. The molecule has 0 saturated carbocycles. The number of rotatable bonds is 7. The fraction of sp³-hybridized carbons (Fsp3) is 0.296. The second-order valence-corrected chi connectivity index (χ2v) is 11.8. The molecular weight excluding hydrogens is 500 g/mol. The molecule has 9 heteroatoms. The van der Waals surface area contributed by atoms with Crippen molar-refractivity contribution >= 4 is 33.2 Å². The molecule has 1 N–H and O–H groups in total. The van der Waals surface area contributed by atoms with Gasteiger partial charge in [-0.25, -0.2) is 8.42 Å². The van der Waals surface area contributed by atoms with E-state index in [0.29, 0.717) is 22.2 Å². The number of amides is 1. The van der Waals surface area contributed by atoms with Gasteiger partial charge in [-0.15, -0.1) is 0 Å². The minimum Gasteiger partial charge on any atom is -0.492 e. The molecule has 0 saturated heterocycles. The highest BCUT2D eigenvalue weighted by Gasteiger charge is 2.37. The van der Waals surface area contributed by atoms with Crippen LogP contribution in [-0.2, 0) is 20.2 Å². The van der Waals surface area contributed by atoms with Crippen molar-refractivity contribution in [2.75, 3.05) is 24.0 Å². The van der Waals surface area contributed by atoms with E-state index in [-0.39, 0.29) is 30.0 Å². The van der Waals surface area contributed by atoms with Crippen LogP contribution in [0.1, 0.15) is 26.3 Å². The number of fused-ring (bicyclic) bond motifs is 1. The van der Waals surface area contributed by atoms with Gasteiger partial charge in [-0.05, 0) is 59.5 Å². The maximum Gasteiger partial charge on any atom is 0.264 e. The number of nitrogens with one attached hydrogen (secondary N) is 1. The predicted molar refractivity (Wildman–Crippen MR) is 140 cm³/mol. The Morgan fingerprint density at radius 3 is 2.39 bits per heavy atom. The molecule has 1 aliphatic rings. The third-order valence-electron chi connectivity index (χ3n) is 5.82. The van der Waals surface area contributed by atoms with Gasteiger partial charge in [0.1, 0.15) is 18.1 Å². The molecule has 1 amide bonds. The molecular formula is C27H29ClN2O5S. The van der Waals surface area contributed by atoms with Gasteiger partial charge >= 0.3 is 0 Å². The summed E-state index contributed by atoms with van der Waals surface area (Å²) in [5.74, 6) is 0.601. The van der Waals surface area contributed by atoms with Crippen LogP contribution in [0.3, 0.4) is 0 Å². The Balaban J connectivity index is 1.41. The van der Waals surface area contributed by atoms with Crippen LogP contribution in [0.15, 0.2) is 77.7 Å². The van der Waals surface area contributed by atoms with Crippen LogP contribution >= 0.6 is 11.6 Å². The Morgan fingerprint density at radius 2 is 1.72 bits per heavy atom. The normalized spacial score (nSPS) is 15.6. The van der Waals surface area contributed by atoms with E-state index in [1.165, 1.54) is 34.1 Å². The van der Waals surface area contributed by atoms with Crippen molar-refractivity contribution in [2.45, 2.75) is 37.2 Å². The Labute approximate surface area is 217 Å². The van der Waals surface area contributed by atoms with Crippen molar-refractivity contribution in [1.29, 1.82) is 0 Å². The average molecular weight is 529 g/mol. The van der Waals surface area contributed by atoms with Crippen molar-refractivity contribution < 1.29 is 22.7 Å². The second-order valence-electron chi connectivity index (χ2n) is 9.48. The van der Waals surface area contributed by atoms with Gasteiger partial charge in [0.25, 0.3) is 15.9 Å². The van der Waals surface area contributed by atoms with Crippen molar-refractivity contribution in [2.24, 2.45) is 0 Å². The highest BCUT2D eigenvalue weighted by molar-refractivity contribution is 7.92. The zero-order chi connectivity index (χ0) is 25.9. The van der Waals surface area contributed by atoms with Crippen molar-refractivity contribution in [3.8, 4) is 11.5 Å². The molecule has 1 aliphatic heterocycles. The molecule has 0 spiro atoms. The van der Waals surface area contributed by atoms with Crippen LogP contribution in [-0.4, -0.2) is 40.1 Å². The number of ether oxygens (including phenoxy) is 2. The summed E-state index contributed by atoms with van der Waals surface area (Å²) in [6.07, 6.45) is -1.02. The summed E-state index contributed by atoms with van der Waals surface area (Å²) in [5, 5.41) is 3.21. The quantitative estimate of drug-likeness (QED) is 0.446. The lowest BCUT2D eigenvalue weighted by Crippen LogP contribution is -2.51. The van der Waals surface area contributed by atoms with Crippen molar-refractivity contribution in [1.82, 2.24) is 5.32 Å². The fourth-order valence-corrected chi connectivity index (χ4v) is 5.41. The Morgan fingerprint density at radius 1 is 1.06 bits per heavy atom. The van der Waals surface area contributed by atoms with E-state index in [4.69, 9.17) is 21.1 Å². The number of halogens is 1. The van der Waals surface area contributed by atoms with E-state index in [1.807, 2.05) is 24.3 Å². The summed E-state index contributed by atoms with van der Waals surface area (Å²) >= 11 is 5.93. The van der Waals surface area contributed by atoms with Gasteiger partial charge in [-0.1, -0.05) is 56.6 Å². The van der Waals surface area contributed by atoms with Crippen molar-refractivity contribution in [3.05, 3.63) is 83.4 Å². The first kappa shape index (κ1) is 25.9. The van der Waals surface area contributed by atoms with Crippen LogP contribution in [0.4, 0.5) is 5.69 Å². The van der Waals surface area contributed by atoms with Crippen LogP contribution in [0.2, 0.25) is 5.02 Å². The van der Waals surface area contributed by atoms with E-state index in [2.05, 4.69) is 26.1 Å². The SMILES string of the molecule is CC(C)(C)c1ccc(OCCNC(=O)[C@H]2CN(S(=O)(=O)c3ccc(Cl)cc3)c3ccccc3O2)cc1. The molecule has 3 aromatic carbocycles. The molecule has 1 heterocycles. The zero-order valence-electron chi connectivity index (χ0n) is 20.4. The van der Waals surface area contributed by atoms with Gasteiger partial charge in [0.05, 0.1) is 23.7 Å². The third kappa shape index (κ3) is 5.77. The molecule has 7 nitrogen and oxygen atoms in total. The van der Waals surface area contributed by atoms with Crippen LogP contribution in [0.5, 0.6) is 11.5 Å². The van der Waals surface area contributed by atoms with E-state index < -0.39 is 22.0 Å². The average Bonchev–Trinajstić information content (AvgIpc) is 2.85. The number of carbonyl (C=O) groups excluding carboxylic acids is 1. The number of nitrogens with zero attached hydrogens (tertiary/aromatic N) is 1. The monoisotopic (exact) mass is 528 g/mol. The van der Waals surface area contributed by atoms with Gasteiger partial charge in [-0.2, -0.15) is 0 Å². The third-order valence-corrected chi connectivity index (χ3v) is 7.87. The molecule has 1 atom stereocenters. The molecule has 4 rings (SSSR count). The minimum atomic E-state index is -3.94. The first-order valence-electron chi connectivity index (χ1n) is 11.6. The highest BCUT2D eigenvalue weighted by Crippen LogP contribution is 2.37. The topological polar surface area (TPSA) is 84.9 Å². The van der Waals surface area contributed by atoms with Gasteiger partial charge < -0.3 is 14.8 Å². The number of benzene rings is 3. The smallest absolute Gasteiger partial charge is 0.264 e. The number of hydrogen-bond donors (Lipinski definition) is 1. The molecule has 0 aromatic heterocycles. The number of hydrogen-bond acceptors (Lipinski definition) is 5. The Kier molecular flexibility index (Phi) is 7.47. The lowest BCUT2D eigenvalue weighted by Gasteiger charge is -2.34. The highest BCUT2D eigenvalue weighted by atomic mass is 35.5. The molecule has 0 unspecified atom stereocenters. The summed E-state index contributed by atoms with van der Waals surface area (Å²) in [4.78, 5) is 13.0. The molecule has 190 valence electrons. The largest absolute Gasteiger partial charge is 0.492 e. The summed E-state index contributed by atoms with van der Waals surface area (Å²) in [7, 11) is -3.94. The lowest BCUT2D eigenvalue weighted by atomic mass is 9.87. The Hall–Kier alpha value is -3.23. The molecule has 0 fully saturated rings. The first-order chi connectivity index (χ1) is 17.1. The predicted octanol–water partition coefficient (Wildman–Crippen LogP) is 4.79. The molecule has 0 bridgehead atoms. The maximum absolute atomic E-state index is 13.4. The summed E-state index contributed by atoms with van der Waals surface area (Å²) in [5.41, 5.74) is 1.63. The summed E-state index contributed by atoms with van der Waals surface area (Å²) in [6.45, 7) is 6.77. The molecule has 3 aromatic rings. The lowest BCUT2D eigenvalue weighted by molar-refractivity contribution is -0.127. The van der Waals surface area contributed by atoms with E-state index in [9.17, 15) is 13.2 Å². The van der Waals surface area contributed by atoms with Crippen LogP contribution < -0.4 is 19.1 Å². The summed E-state index contributed by atoms with van der Waals surface area (Å²) in [6, 6.07) is 20.5. The second kappa shape index (κ2) is 10.4. The molecule has 36 heavy (non-hydrogen) atoms. The van der Waals surface area contributed by atoms with Crippen LogP contribution in [0.25, 0.3) is 0 Å². The van der Waals surface area contributed by atoms with E-state index in [0.717, 1.165) is 0 Å². The fourth-order valence-electron chi connectivity index (χ4n) is 3.81. The first-order valence-corrected chi connectivity index (χ1v) is 13.4. The number of sulfonamides is 1. The zero-order valence-corrected chi connectivity index (χ0v) is 22.0. The van der Waals surface area contributed by atoms with Gasteiger partial charge in [0.15, 0.2) is 6.10 Å². The van der Waals surface area contributed by atoms with E-state index in [1.54, 1.807) is 24.3 Å². The summed E-state index contributed by atoms with van der Waals surface area (Å²) < 4.78 is 39.6. The van der Waals surface area contributed by atoms with Crippen molar-refractivity contribution in [3.63, 3.8) is 0 Å². The number of anilines is 1. The van der Waals surface area contributed by atoms with Crippen LogP contribution in [0, 0.1) is 0 Å². The van der Waals surface area contributed by atoms with E-state index >= 15 is 0 Å². The Bertz CT molecular complexity index is 1320.